The Labute approximate surface area is 579 Å². The van der Waals surface area contributed by atoms with Gasteiger partial charge in [0.15, 0.2) is 44.2 Å². The molecule has 2 aliphatic heterocycles. The third kappa shape index (κ3) is 31.6. The third-order valence-electron chi connectivity index (χ3n) is 13.4. The van der Waals surface area contributed by atoms with Crippen LogP contribution in [0.2, 0.25) is 18.1 Å². The fraction of sp³-hybridized carbons (Fsp3) is 0.526. The van der Waals surface area contributed by atoms with Crippen LogP contribution in [0.4, 0.5) is 28.9 Å². The molecule has 0 fully saturated rings. The number of carbonyl (C=O) groups is 3. The van der Waals surface area contributed by atoms with E-state index in [1.807, 2.05) is 37.3 Å². The van der Waals surface area contributed by atoms with E-state index in [-0.39, 0.29) is 77.2 Å². The van der Waals surface area contributed by atoms with E-state index in [0.717, 1.165) is 100 Å². The van der Waals surface area contributed by atoms with Crippen molar-refractivity contribution < 1.29 is 74.8 Å². The number of halogens is 10. The fourth-order valence-corrected chi connectivity index (χ4v) is 9.89. The number of aliphatic hydroxyl groups excluding tert-OH is 1. The molecule has 0 bridgehead atoms. The first-order valence-electron chi connectivity index (χ1n) is 27.0. The van der Waals surface area contributed by atoms with E-state index in [4.69, 9.17) is 40.9 Å². The van der Waals surface area contributed by atoms with Crippen LogP contribution in [-0.4, -0.2) is 116 Å². The van der Waals surface area contributed by atoms with Crippen molar-refractivity contribution in [1.82, 2.24) is 0 Å². The molecule has 0 aliphatic carbocycles. The van der Waals surface area contributed by atoms with Crippen molar-refractivity contribution in [3.05, 3.63) is 106 Å². The Kier molecular flexibility index (Phi) is 42.2. The number of amides is 2. The number of primary amides is 2. The molecule has 0 saturated heterocycles. The molecule has 2 heterocycles. The predicted molar refractivity (Wildman–Crippen MR) is 379 cm³/mol. The van der Waals surface area contributed by atoms with Crippen molar-refractivity contribution in [2.45, 2.75) is 116 Å². The van der Waals surface area contributed by atoms with Crippen LogP contribution in [0.5, 0.6) is 23.0 Å². The van der Waals surface area contributed by atoms with Gasteiger partial charge in [0.2, 0.25) is 0 Å². The number of para-hydroxylation sites is 4. The number of aliphatic hydroxyl groups is 1. The molecule has 2 amide bonds. The topological polar surface area (TPSA) is 202 Å². The number of nitrogens with zero attached hydrogens (tertiary/aromatic N) is 2. The molecular weight excluding hydrogens is 1870 g/mol. The van der Waals surface area contributed by atoms with Crippen molar-refractivity contribution in [2.75, 3.05) is 82.3 Å². The van der Waals surface area contributed by atoms with Crippen LogP contribution in [0.15, 0.2) is 72.8 Å². The number of ether oxygens (including phenoxy) is 4. The van der Waals surface area contributed by atoms with Crippen molar-refractivity contribution >= 4 is 162 Å². The van der Waals surface area contributed by atoms with Crippen molar-refractivity contribution in [2.24, 2.45) is 23.1 Å². The summed E-state index contributed by atoms with van der Waals surface area (Å²) in [5, 5.41) is 9.38. The Morgan fingerprint density at radius 3 is 1.61 bits per heavy atom. The number of anilines is 2. The van der Waals surface area contributed by atoms with Gasteiger partial charge in [0.05, 0.1) is 29.1 Å². The van der Waals surface area contributed by atoms with Gasteiger partial charge in [-0.25, -0.2) is 4.39 Å². The summed E-state index contributed by atoms with van der Waals surface area (Å²) in [4.78, 5) is 38.4. The minimum atomic E-state index is -4.40. The van der Waals surface area contributed by atoms with Crippen molar-refractivity contribution in [3.63, 3.8) is 0 Å². The zero-order valence-electron chi connectivity index (χ0n) is 48.6. The second-order valence-electron chi connectivity index (χ2n) is 21.1. The molecular formula is C57H82F4I6N5O9SiV2. The first-order valence-corrected chi connectivity index (χ1v) is 52.4. The predicted octanol–water partition coefficient (Wildman–Crippen LogP) is 14.6. The van der Waals surface area contributed by atoms with Gasteiger partial charge in [-0.3, -0.25) is 14.4 Å². The van der Waals surface area contributed by atoms with E-state index in [2.05, 4.69) is 167 Å². The van der Waals surface area contributed by atoms with Crippen LogP contribution in [-0.2, 0) is 49.3 Å². The second-order valence-corrected chi connectivity index (χ2v) is 73.1. The zero-order valence-corrected chi connectivity index (χ0v) is 65.6. The monoisotopic (exact) mass is 1950 g/mol. The molecule has 4 aromatic carbocycles. The van der Waals surface area contributed by atoms with E-state index in [9.17, 15) is 31.9 Å². The summed E-state index contributed by atoms with van der Waals surface area (Å²) in [6, 6.07) is 21.5. The number of aldehydes is 1. The Hall–Kier alpha value is -0.344. The first kappa shape index (κ1) is 81.7. The van der Waals surface area contributed by atoms with Crippen LogP contribution in [0, 0.1) is 5.92 Å². The molecule has 84 heavy (non-hydrogen) atoms. The zero-order chi connectivity index (χ0) is 62.3. The minimum absolute atomic E-state index is 0. The molecule has 27 heteroatoms. The molecule has 0 unspecified atom stereocenters. The number of nitrogens with two attached hydrogens (primary N) is 3. The molecule has 0 spiro atoms. The SMILES string of the molecule is C[C@@H](CCCOc1ccccc1OCCF)Cc1cc2c(c(C(N)=O)c1)N(CCCO)CC2.C[C@@H](N)Cc1cc2c(c(C(N)=O)c1)N(CCCO[Si](C)(C)C(C)(C)C)CC2.I.O=CCOc1ccccc1OCC(F)(F)F.[I][V]([I])[I].[I][V][I]. The van der Waals surface area contributed by atoms with Crippen LogP contribution in [0.25, 0.3) is 0 Å². The van der Waals surface area contributed by atoms with Gasteiger partial charge in [-0.15, -0.1) is 24.0 Å². The summed E-state index contributed by atoms with van der Waals surface area (Å²) in [5.74, 6) is 0.918. The average Bonchev–Trinajstić information content (AvgIpc) is 4.23. The third-order valence-corrected chi connectivity index (χ3v) is 17.9. The summed E-state index contributed by atoms with van der Waals surface area (Å²) in [6.45, 7) is 18.2. The summed E-state index contributed by atoms with van der Waals surface area (Å²) < 4.78 is 75.1. The van der Waals surface area contributed by atoms with Crippen LogP contribution < -0.4 is 45.9 Å². The molecule has 7 N–H and O–H groups in total. The maximum absolute atomic E-state index is 12.4. The average molecular weight is 1950 g/mol. The second kappa shape index (κ2) is 43.4. The van der Waals surface area contributed by atoms with E-state index in [0.29, 0.717) is 57.3 Å². The van der Waals surface area contributed by atoms with Gasteiger partial charge in [0.1, 0.15) is 19.9 Å². The van der Waals surface area contributed by atoms with Crippen LogP contribution >= 0.6 is 124 Å². The van der Waals surface area contributed by atoms with Gasteiger partial charge in [-0.2, -0.15) is 13.2 Å². The van der Waals surface area contributed by atoms with E-state index < -0.39 is 33.7 Å². The number of carbonyl (C=O) groups excluding carboxylic acids is 3. The number of fused-ring (bicyclic) bond motifs is 2. The number of benzene rings is 4. The number of hydrogen-bond donors (Lipinski definition) is 4. The standard InChI is InChI=1S/C26H35FN2O4.C21H37N3O2Si.C10H9F3O3.6HI.2V/c1-19(6-4-14-32-23-7-2-3-8-24(23)33-15-10-27)16-20-17-21-9-12-29(11-5-13-30)25(21)22(18-20)26(28)31;1-15(22)12-16-13-17-8-10-24(19(17)18(14-16)20(23)25)9-7-11-26-27(5,6)21(2,3)4;11-10(12,13)7-16-9-4-2-1-3-8(9)15-6-5-14;;;;;;;;/h2-3,7-8,17-19,30H,4-6,9-16H2,1H3,(H2,28,31);13-15H,7-12,22H2,1-6H3,(H2,23,25);1-5H,6-7H2;6*1H;;/q;;;;;;;;;+2;+3/p-5/t19-;15-;;;;;;;;;/m01........./s1. The van der Waals surface area contributed by atoms with Gasteiger partial charge in [-0.1, -0.05) is 64.1 Å². The molecule has 0 radical (unpaired) electrons. The summed E-state index contributed by atoms with van der Waals surface area (Å²) in [6.07, 6.45) is 3.02. The summed E-state index contributed by atoms with van der Waals surface area (Å²) >= 11 is 12.1. The normalized spacial score (nSPS) is 13.1. The molecule has 2 atom stereocenters. The molecule has 2 aliphatic rings. The Morgan fingerprint density at radius 1 is 0.750 bits per heavy atom. The summed E-state index contributed by atoms with van der Waals surface area (Å²) in [7, 11) is -1.08. The quantitative estimate of drug-likeness (QED) is 0.0145. The Morgan fingerprint density at radius 2 is 1.19 bits per heavy atom. The molecule has 0 aromatic heterocycles. The van der Waals surface area contributed by atoms with Gasteiger partial charge in [-0.05, 0) is 141 Å². The summed E-state index contributed by atoms with van der Waals surface area (Å²) in [5.41, 5.74) is 25.1. The Bertz CT molecular complexity index is 2580. The molecule has 6 rings (SSSR count). The van der Waals surface area contributed by atoms with E-state index in [1.54, 1.807) is 12.1 Å². The first-order chi connectivity index (χ1) is 39.1. The Balaban J connectivity index is 0.000000619. The van der Waals surface area contributed by atoms with E-state index >= 15 is 0 Å². The fourth-order valence-electron chi connectivity index (χ4n) is 8.80. The van der Waals surface area contributed by atoms with Crippen molar-refractivity contribution in [1.29, 1.82) is 0 Å². The van der Waals surface area contributed by atoms with E-state index in [1.165, 1.54) is 29.3 Å². The number of hydrogen-bond acceptors (Lipinski definition) is 12. The van der Waals surface area contributed by atoms with Gasteiger partial charge < -0.3 is 55.5 Å². The molecule has 4 aromatic rings. The van der Waals surface area contributed by atoms with Gasteiger partial charge in [0.25, 0.3) is 11.8 Å². The number of alkyl halides is 4. The maximum atomic E-state index is 12.4. The van der Waals surface area contributed by atoms with Crippen LogP contribution in [0.1, 0.15) is 103 Å². The van der Waals surface area contributed by atoms with Crippen molar-refractivity contribution in [3.8, 4) is 23.0 Å². The van der Waals surface area contributed by atoms with Crippen LogP contribution in [0.3, 0.4) is 0 Å². The molecule has 473 valence electrons. The van der Waals surface area contributed by atoms with Gasteiger partial charge in [0, 0.05) is 45.4 Å². The van der Waals surface area contributed by atoms with Gasteiger partial charge >= 0.3 is 120 Å². The number of rotatable bonds is 27. The molecule has 0 saturated carbocycles. The molecule has 14 nitrogen and oxygen atoms in total.